The highest BCUT2D eigenvalue weighted by molar-refractivity contribution is 8.00. The number of thioether (sulfide) groups is 1. The highest BCUT2D eigenvalue weighted by Gasteiger charge is 2.17. The second-order valence-electron chi connectivity index (χ2n) is 7.95. The van der Waals surface area contributed by atoms with Gasteiger partial charge in [-0.05, 0) is 74.2 Å². The number of benzene rings is 2. The second kappa shape index (κ2) is 11.5. The monoisotopic (exact) mass is 477 g/mol. The maximum Gasteiger partial charge on any atom is 0.341 e. The molecular formula is C26H27N3O4S. The summed E-state index contributed by atoms with van der Waals surface area (Å²) in [6.07, 6.45) is 1.54. The summed E-state index contributed by atoms with van der Waals surface area (Å²) in [5, 5.41) is 6.00. The van der Waals surface area contributed by atoms with Crippen LogP contribution in [0.15, 0.2) is 59.8 Å². The molecule has 0 unspecified atom stereocenters. The Hall–Kier alpha value is -3.65. The van der Waals surface area contributed by atoms with E-state index in [2.05, 4.69) is 15.6 Å². The molecule has 176 valence electrons. The number of anilines is 2. The quantitative estimate of drug-likeness (QED) is 0.356. The standard InChI is InChI=1S/C26H27N3O4S/c1-16-7-9-18(3)21(12-16)28-23(30)14-33-26(32)20-6-5-11-27-25(20)34-15-24(31)29-22-13-17(2)8-10-19(22)4/h5-13H,14-15H2,1-4H3,(H,28,30)(H,29,31). The van der Waals surface area contributed by atoms with E-state index in [4.69, 9.17) is 4.74 Å². The van der Waals surface area contributed by atoms with Crippen LogP contribution in [0, 0.1) is 27.7 Å². The molecule has 2 aromatic carbocycles. The Morgan fingerprint density at radius 1 is 0.853 bits per heavy atom. The zero-order valence-electron chi connectivity index (χ0n) is 19.6. The smallest absolute Gasteiger partial charge is 0.341 e. The molecule has 0 aliphatic heterocycles. The average Bonchev–Trinajstić information content (AvgIpc) is 2.81. The lowest BCUT2D eigenvalue weighted by molar-refractivity contribution is -0.119. The molecule has 3 aromatic rings. The molecule has 0 atom stereocenters. The van der Waals surface area contributed by atoms with Crippen molar-refractivity contribution in [3.63, 3.8) is 0 Å². The van der Waals surface area contributed by atoms with Crippen LogP contribution in [0.4, 0.5) is 11.4 Å². The maximum absolute atomic E-state index is 12.6. The Bertz CT molecular complexity index is 1230. The highest BCUT2D eigenvalue weighted by atomic mass is 32.2. The van der Waals surface area contributed by atoms with E-state index in [1.807, 2.05) is 64.1 Å². The third kappa shape index (κ3) is 6.92. The fourth-order valence-electron chi connectivity index (χ4n) is 3.12. The minimum absolute atomic E-state index is 0.0673. The van der Waals surface area contributed by atoms with Gasteiger partial charge in [-0.3, -0.25) is 9.59 Å². The van der Waals surface area contributed by atoms with Crippen molar-refractivity contribution >= 4 is 40.9 Å². The van der Waals surface area contributed by atoms with E-state index in [-0.39, 0.29) is 17.2 Å². The van der Waals surface area contributed by atoms with E-state index in [0.29, 0.717) is 10.7 Å². The predicted molar refractivity (Wildman–Crippen MR) is 134 cm³/mol. The molecule has 34 heavy (non-hydrogen) atoms. The molecule has 0 saturated heterocycles. The number of pyridine rings is 1. The van der Waals surface area contributed by atoms with Crippen molar-refractivity contribution in [3.05, 3.63) is 82.5 Å². The number of rotatable bonds is 8. The summed E-state index contributed by atoms with van der Waals surface area (Å²) in [7, 11) is 0. The first-order valence-corrected chi connectivity index (χ1v) is 11.7. The number of ether oxygens (including phenoxy) is 1. The number of hydrogen-bond donors (Lipinski definition) is 2. The van der Waals surface area contributed by atoms with Gasteiger partial charge in [0.15, 0.2) is 6.61 Å². The van der Waals surface area contributed by atoms with E-state index >= 15 is 0 Å². The van der Waals surface area contributed by atoms with Crippen LogP contribution >= 0.6 is 11.8 Å². The van der Waals surface area contributed by atoms with Crippen molar-refractivity contribution in [3.8, 4) is 0 Å². The van der Waals surface area contributed by atoms with Crippen LogP contribution in [0.3, 0.4) is 0 Å². The molecular weight excluding hydrogens is 450 g/mol. The third-order valence-electron chi connectivity index (χ3n) is 5.00. The topological polar surface area (TPSA) is 97.4 Å². The average molecular weight is 478 g/mol. The van der Waals surface area contributed by atoms with Gasteiger partial charge >= 0.3 is 5.97 Å². The van der Waals surface area contributed by atoms with Gasteiger partial charge in [0.1, 0.15) is 5.03 Å². The minimum Gasteiger partial charge on any atom is -0.452 e. The summed E-state index contributed by atoms with van der Waals surface area (Å²) < 4.78 is 5.20. The van der Waals surface area contributed by atoms with E-state index in [1.54, 1.807) is 12.1 Å². The number of nitrogens with zero attached hydrogens (tertiary/aromatic N) is 1. The molecule has 0 spiro atoms. The first-order valence-electron chi connectivity index (χ1n) is 10.7. The number of nitrogens with one attached hydrogen (secondary N) is 2. The molecule has 0 aliphatic rings. The Morgan fingerprint density at radius 2 is 1.44 bits per heavy atom. The second-order valence-corrected chi connectivity index (χ2v) is 8.92. The summed E-state index contributed by atoms with van der Waals surface area (Å²) in [6.45, 7) is 7.26. The predicted octanol–water partition coefficient (Wildman–Crippen LogP) is 4.84. The molecule has 7 nitrogen and oxygen atoms in total. The van der Waals surface area contributed by atoms with Crippen LogP contribution in [0.1, 0.15) is 32.6 Å². The number of aromatic nitrogens is 1. The van der Waals surface area contributed by atoms with Gasteiger partial charge in [-0.25, -0.2) is 9.78 Å². The normalized spacial score (nSPS) is 10.5. The van der Waals surface area contributed by atoms with Gasteiger partial charge in [-0.15, -0.1) is 0 Å². The van der Waals surface area contributed by atoms with Gasteiger partial charge in [0.05, 0.1) is 11.3 Å². The van der Waals surface area contributed by atoms with Crippen LogP contribution in [0.5, 0.6) is 0 Å². The number of carbonyl (C=O) groups is 3. The van der Waals surface area contributed by atoms with Crippen molar-refractivity contribution in [2.24, 2.45) is 0 Å². The van der Waals surface area contributed by atoms with Gasteiger partial charge in [-0.2, -0.15) is 0 Å². The summed E-state index contributed by atoms with van der Waals surface area (Å²) in [4.78, 5) is 41.5. The van der Waals surface area contributed by atoms with Gasteiger partial charge in [-0.1, -0.05) is 36.0 Å². The first kappa shape index (κ1) is 25.0. The molecule has 1 heterocycles. The van der Waals surface area contributed by atoms with E-state index in [1.165, 1.54) is 6.20 Å². The first-order chi connectivity index (χ1) is 16.2. The fourth-order valence-corrected chi connectivity index (χ4v) is 3.90. The largest absolute Gasteiger partial charge is 0.452 e. The lowest BCUT2D eigenvalue weighted by Crippen LogP contribution is -2.22. The lowest BCUT2D eigenvalue weighted by atomic mass is 10.1. The fraction of sp³-hybridized carbons (Fsp3) is 0.231. The number of esters is 1. The van der Waals surface area contributed by atoms with Gasteiger partial charge in [0.25, 0.3) is 5.91 Å². The van der Waals surface area contributed by atoms with E-state index < -0.39 is 18.5 Å². The van der Waals surface area contributed by atoms with E-state index in [9.17, 15) is 14.4 Å². The summed E-state index contributed by atoms with van der Waals surface area (Å²) >= 11 is 1.13. The van der Waals surface area contributed by atoms with Gasteiger partial charge in [0, 0.05) is 17.6 Å². The summed E-state index contributed by atoms with van der Waals surface area (Å²) in [5.74, 6) is -1.26. The molecule has 0 saturated carbocycles. The van der Waals surface area contributed by atoms with Crippen molar-refractivity contribution in [1.29, 1.82) is 0 Å². The van der Waals surface area contributed by atoms with Crippen molar-refractivity contribution in [1.82, 2.24) is 4.98 Å². The van der Waals surface area contributed by atoms with Crippen molar-refractivity contribution in [2.45, 2.75) is 32.7 Å². The van der Waals surface area contributed by atoms with Gasteiger partial charge in [0.2, 0.25) is 5.91 Å². The molecule has 3 rings (SSSR count). The van der Waals surface area contributed by atoms with Crippen LogP contribution in [0.25, 0.3) is 0 Å². The highest BCUT2D eigenvalue weighted by Crippen LogP contribution is 2.22. The minimum atomic E-state index is -0.679. The third-order valence-corrected chi connectivity index (χ3v) is 6.01. The lowest BCUT2D eigenvalue weighted by Gasteiger charge is -2.11. The number of amides is 2. The number of hydrogen-bond acceptors (Lipinski definition) is 6. The Kier molecular flexibility index (Phi) is 8.43. The zero-order chi connectivity index (χ0) is 24.7. The van der Waals surface area contributed by atoms with Gasteiger partial charge < -0.3 is 15.4 Å². The molecule has 2 N–H and O–H groups in total. The zero-order valence-corrected chi connectivity index (χ0v) is 20.4. The maximum atomic E-state index is 12.6. The number of carbonyl (C=O) groups excluding carboxylic acids is 3. The molecule has 0 radical (unpaired) electrons. The SMILES string of the molecule is Cc1ccc(C)c(NC(=O)COC(=O)c2cccnc2SCC(=O)Nc2cc(C)ccc2C)c1. The van der Waals surface area contributed by atoms with Crippen LogP contribution in [0.2, 0.25) is 0 Å². The Labute approximate surface area is 203 Å². The van der Waals surface area contributed by atoms with Crippen LogP contribution in [-0.4, -0.2) is 35.1 Å². The van der Waals surface area contributed by atoms with Crippen LogP contribution < -0.4 is 10.6 Å². The molecule has 1 aromatic heterocycles. The Balaban J connectivity index is 1.57. The van der Waals surface area contributed by atoms with Crippen molar-refractivity contribution < 1.29 is 19.1 Å². The summed E-state index contributed by atoms with van der Waals surface area (Å²) in [5.41, 5.74) is 5.56. The van der Waals surface area contributed by atoms with Crippen LogP contribution in [-0.2, 0) is 14.3 Å². The molecule has 0 fully saturated rings. The Morgan fingerprint density at radius 3 is 2.06 bits per heavy atom. The molecule has 0 aliphatic carbocycles. The molecule has 8 heteroatoms. The van der Waals surface area contributed by atoms with E-state index in [0.717, 1.165) is 39.7 Å². The number of aryl methyl sites for hydroxylation is 4. The summed E-state index contributed by atoms with van der Waals surface area (Å²) in [6, 6.07) is 14.7. The molecule has 2 amide bonds. The molecule has 0 bridgehead atoms. The van der Waals surface area contributed by atoms with Crippen molar-refractivity contribution in [2.75, 3.05) is 23.0 Å².